The molecule has 0 aliphatic carbocycles. The minimum Gasteiger partial charge on any atom is -0.233 e. The highest BCUT2D eigenvalue weighted by Crippen LogP contribution is 1.93. The second-order valence-corrected chi connectivity index (χ2v) is 3.93. The van der Waals surface area contributed by atoms with Crippen molar-refractivity contribution in [1.82, 2.24) is 9.97 Å². The maximum Gasteiger partial charge on any atom is 0.286 e. The van der Waals surface area contributed by atoms with Crippen molar-refractivity contribution in [3.63, 3.8) is 0 Å². The summed E-state index contributed by atoms with van der Waals surface area (Å²) in [7, 11) is 0. The van der Waals surface area contributed by atoms with Gasteiger partial charge < -0.3 is 0 Å². The lowest BCUT2D eigenvalue weighted by Crippen LogP contribution is -2.44. The number of nitrogens with zero attached hydrogens (tertiary/aromatic N) is 4. The van der Waals surface area contributed by atoms with Gasteiger partial charge in [-0.15, -0.1) is 0 Å². The smallest absolute Gasteiger partial charge is 0.233 e. The first-order valence-electron chi connectivity index (χ1n) is 5.75. The molecule has 18 heavy (non-hydrogen) atoms. The van der Waals surface area contributed by atoms with Crippen LogP contribution >= 0.6 is 0 Å². The standard InChI is InChI=1S/C14H16N4/c1-3-13-7-15-11-17(9-13)5-6-18-10-14(4-2)8-16-12-18/h3-4,7-12H,1-2,5-6H2/q+2. The molecule has 2 rings (SSSR count). The van der Waals surface area contributed by atoms with Crippen LogP contribution in [0.1, 0.15) is 11.1 Å². The Morgan fingerprint density at radius 1 is 0.889 bits per heavy atom. The first-order valence-corrected chi connectivity index (χ1v) is 5.75. The topological polar surface area (TPSA) is 33.5 Å². The SMILES string of the molecule is C=Cc1cnc[n+](CC[n+]2cncc(C=C)c2)c1. The molecule has 0 fully saturated rings. The van der Waals surface area contributed by atoms with Crippen LogP contribution in [0.5, 0.6) is 0 Å². The monoisotopic (exact) mass is 240 g/mol. The lowest BCUT2D eigenvalue weighted by molar-refractivity contribution is -0.781. The van der Waals surface area contributed by atoms with Crippen LogP contribution < -0.4 is 9.13 Å². The number of aryl methyl sites for hydroxylation is 2. The van der Waals surface area contributed by atoms with Crippen LogP contribution in [0, 0.1) is 0 Å². The molecule has 0 bridgehead atoms. The Morgan fingerprint density at radius 2 is 1.33 bits per heavy atom. The Balaban J connectivity index is 2.06. The molecule has 0 N–H and O–H groups in total. The summed E-state index contributed by atoms with van der Waals surface area (Å²) in [5, 5.41) is 0. The van der Waals surface area contributed by atoms with E-state index in [0.29, 0.717) is 0 Å². The average Bonchev–Trinajstić information content (AvgIpc) is 2.45. The molecule has 0 spiro atoms. The molecule has 0 saturated carbocycles. The first-order chi connectivity index (χ1) is 8.81. The van der Waals surface area contributed by atoms with Crippen molar-refractivity contribution in [2.24, 2.45) is 0 Å². The quantitative estimate of drug-likeness (QED) is 0.732. The summed E-state index contributed by atoms with van der Waals surface area (Å²) < 4.78 is 4.06. The Hall–Kier alpha value is -2.36. The fraction of sp³-hybridized carbons (Fsp3) is 0.143. The highest BCUT2D eigenvalue weighted by Gasteiger charge is 2.04. The largest absolute Gasteiger partial charge is 0.286 e. The van der Waals surface area contributed by atoms with Crippen LogP contribution in [0.15, 0.2) is 50.6 Å². The molecule has 0 unspecified atom stereocenters. The van der Waals surface area contributed by atoms with E-state index >= 15 is 0 Å². The van der Waals surface area contributed by atoms with Gasteiger partial charge in [-0.3, -0.25) is 0 Å². The molecule has 0 aromatic carbocycles. The van der Waals surface area contributed by atoms with Gasteiger partial charge >= 0.3 is 0 Å². The third-order valence-corrected chi connectivity index (χ3v) is 2.59. The minimum absolute atomic E-state index is 0.835. The van der Waals surface area contributed by atoms with Gasteiger partial charge in [0.15, 0.2) is 0 Å². The van der Waals surface area contributed by atoms with Gasteiger partial charge in [0.2, 0.25) is 0 Å². The number of aromatic nitrogens is 4. The maximum atomic E-state index is 4.15. The molecule has 0 aliphatic heterocycles. The van der Waals surface area contributed by atoms with Gasteiger partial charge in [0, 0.05) is 0 Å². The second-order valence-electron chi connectivity index (χ2n) is 3.93. The van der Waals surface area contributed by atoms with Gasteiger partial charge in [-0.05, 0) is 0 Å². The van der Waals surface area contributed by atoms with Gasteiger partial charge in [0.05, 0.1) is 11.1 Å². The Labute approximate surface area is 107 Å². The Morgan fingerprint density at radius 3 is 1.72 bits per heavy atom. The van der Waals surface area contributed by atoms with E-state index in [1.54, 1.807) is 37.2 Å². The lowest BCUT2D eigenvalue weighted by Gasteiger charge is -1.99. The van der Waals surface area contributed by atoms with Gasteiger partial charge in [0.1, 0.15) is 37.9 Å². The van der Waals surface area contributed by atoms with E-state index in [4.69, 9.17) is 0 Å². The molecule has 90 valence electrons. The molecule has 2 aromatic heterocycles. The van der Waals surface area contributed by atoms with Crippen LogP contribution in [0.25, 0.3) is 12.2 Å². The van der Waals surface area contributed by atoms with Crippen molar-refractivity contribution in [3.8, 4) is 0 Å². The molecule has 0 amide bonds. The van der Waals surface area contributed by atoms with Crippen molar-refractivity contribution in [1.29, 1.82) is 0 Å². The van der Waals surface area contributed by atoms with E-state index in [1.807, 2.05) is 21.5 Å². The maximum absolute atomic E-state index is 4.15. The van der Waals surface area contributed by atoms with E-state index in [9.17, 15) is 0 Å². The van der Waals surface area contributed by atoms with Crippen LogP contribution in [-0.4, -0.2) is 9.97 Å². The molecule has 0 atom stereocenters. The first kappa shape index (κ1) is 12.1. The van der Waals surface area contributed by atoms with Crippen molar-refractivity contribution < 1.29 is 9.13 Å². The predicted octanol–water partition coefficient (Wildman–Crippen LogP) is 1.04. The fourth-order valence-corrected chi connectivity index (χ4v) is 1.61. The summed E-state index contributed by atoms with van der Waals surface area (Å²) in [5.74, 6) is 0. The van der Waals surface area contributed by atoms with E-state index in [2.05, 4.69) is 23.1 Å². The zero-order chi connectivity index (χ0) is 12.8. The van der Waals surface area contributed by atoms with E-state index in [1.165, 1.54) is 0 Å². The summed E-state index contributed by atoms with van der Waals surface area (Å²) >= 11 is 0. The predicted molar refractivity (Wildman–Crippen MR) is 69.0 cm³/mol. The second kappa shape index (κ2) is 5.82. The van der Waals surface area contributed by atoms with Crippen LogP contribution in [0.4, 0.5) is 0 Å². The highest BCUT2D eigenvalue weighted by atomic mass is 15.1. The van der Waals surface area contributed by atoms with E-state index < -0.39 is 0 Å². The summed E-state index contributed by atoms with van der Waals surface area (Å²) in [4.78, 5) is 8.30. The average molecular weight is 240 g/mol. The van der Waals surface area contributed by atoms with E-state index in [-0.39, 0.29) is 0 Å². The Bertz CT molecular complexity index is 512. The molecule has 0 aliphatic rings. The third kappa shape index (κ3) is 3.07. The van der Waals surface area contributed by atoms with Gasteiger partial charge in [-0.2, -0.15) is 0 Å². The number of hydrogen-bond acceptors (Lipinski definition) is 2. The van der Waals surface area contributed by atoms with Gasteiger partial charge in [-0.25, -0.2) is 9.13 Å². The van der Waals surface area contributed by atoms with Crippen LogP contribution in [-0.2, 0) is 13.1 Å². The summed E-state index contributed by atoms with van der Waals surface area (Å²) in [5.41, 5.74) is 2.03. The molecule has 4 nitrogen and oxygen atoms in total. The van der Waals surface area contributed by atoms with Crippen molar-refractivity contribution in [3.05, 3.63) is 61.7 Å². The van der Waals surface area contributed by atoms with E-state index in [0.717, 1.165) is 24.2 Å². The number of hydrogen-bond donors (Lipinski definition) is 0. The zero-order valence-corrected chi connectivity index (χ0v) is 10.2. The molecule has 2 heterocycles. The summed E-state index contributed by atoms with van der Waals surface area (Å²) in [6.07, 6.45) is 14.8. The zero-order valence-electron chi connectivity index (χ0n) is 10.2. The molecular formula is C14H16N4+2. The molecule has 0 saturated heterocycles. The normalized spacial score (nSPS) is 10.0. The molecule has 4 heteroatoms. The minimum atomic E-state index is 0.835. The molecule has 2 aromatic rings. The van der Waals surface area contributed by atoms with Gasteiger partial charge in [0.25, 0.3) is 12.7 Å². The summed E-state index contributed by atoms with van der Waals surface area (Å²) in [6.45, 7) is 9.14. The molecule has 0 radical (unpaired) electrons. The lowest BCUT2D eigenvalue weighted by atomic mass is 10.3. The van der Waals surface area contributed by atoms with Crippen LogP contribution in [0.2, 0.25) is 0 Å². The van der Waals surface area contributed by atoms with Crippen LogP contribution in [0.3, 0.4) is 0 Å². The molecular weight excluding hydrogens is 224 g/mol. The van der Waals surface area contributed by atoms with Crippen molar-refractivity contribution >= 4 is 12.2 Å². The van der Waals surface area contributed by atoms with Gasteiger partial charge in [-0.1, -0.05) is 35.3 Å². The highest BCUT2D eigenvalue weighted by molar-refractivity contribution is 5.42. The van der Waals surface area contributed by atoms with Crippen molar-refractivity contribution in [2.45, 2.75) is 13.1 Å². The third-order valence-electron chi connectivity index (χ3n) is 2.59. The van der Waals surface area contributed by atoms with Crippen molar-refractivity contribution in [2.75, 3.05) is 0 Å². The summed E-state index contributed by atoms with van der Waals surface area (Å²) in [6, 6.07) is 0. The number of rotatable bonds is 5. The Kier molecular flexibility index (Phi) is 3.91. The fourth-order valence-electron chi connectivity index (χ4n) is 1.61.